The van der Waals surface area contributed by atoms with Gasteiger partial charge in [-0.2, -0.15) is 0 Å². The van der Waals surface area contributed by atoms with Crippen LogP contribution >= 0.6 is 0 Å². The summed E-state index contributed by atoms with van der Waals surface area (Å²) in [6.07, 6.45) is 3.49. The summed E-state index contributed by atoms with van der Waals surface area (Å²) >= 11 is 0. The smallest absolute Gasteiger partial charge is 0.122 e. The number of benzene rings is 1. The first kappa shape index (κ1) is 12.0. The highest BCUT2D eigenvalue weighted by molar-refractivity contribution is 5.39. The Bertz CT molecular complexity index is 435. The minimum atomic E-state index is -0.549. The van der Waals surface area contributed by atoms with Crippen molar-refractivity contribution in [3.8, 4) is 5.75 Å². The summed E-state index contributed by atoms with van der Waals surface area (Å²) in [5, 5.41) is 10.5. The molecule has 1 aromatic carbocycles. The van der Waals surface area contributed by atoms with E-state index in [4.69, 9.17) is 9.47 Å². The molecule has 3 rings (SSSR count). The van der Waals surface area contributed by atoms with Gasteiger partial charge in [0.25, 0.3) is 0 Å². The zero-order valence-electron chi connectivity index (χ0n) is 10.8. The Kier molecular flexibility index (Phi) is 3.04. The van der Waals surface area contributed by atoms with Gasteiger partial charge in [0.2, 0.25) is 0 Å². The minimum absolute atomic E-state index is 0.427. The molecular weight excluding hydrogens is 228 g/mol. The van der Waals surface area contributed by atoms with Crippen LogP contribution in [0.1, 0.15) is 43.4 Å². The maximum absolute atomic E-state index is 10.5. The van der Waals surface area contributed by atoms with Crippen LogP contribution in [0, 0.1) is 0 Å². The molecule has 0 radical (unpaired) electrons. The van der Waals surface area contributed by atoms with Crippen LogP contribution in [0.2, 0.25) is 0 Å². The van der Waals surface area contributed by atoms with E-state index < -0.39 is 11.7 Å². The van der Waals surface area contributed by atoms with Crippen molar-refractivity contribution in [2.45, 2.75) is 44.3 Å². The van der Waals surface area contributed by atoms with Crippen LogP contribution in [0.25, 0.3) is 0 Å². The molecule has 3 nitrogen and oxygen atoms in total. The molecule has 2 aliphatic heterocycles. The molecule has 1 fully saturated rings. The molecule has 2 aliphatic rings. The van der Waals surface area contributed by atoms with E-state index in [9.17, 15) is 5.11 Å². The third kappa shape index (κ3) is 2.02. The fourth-order valence-electron chi connectivity index (χ4n) is 2.92. The second-order valence-corrected chi connectivity index (χ2v) is 5.49. The second-order valence-electron chi connectivity index (χ2n) is 5.49. The maximum Gasteiger partial charge on any atom is 0.122 e. The summed E-state index contributed by atoms with van der Waals surface area (Å²) in [6, 6.07) is 6.01. The van der Waals surface area contributed by atoms with Gasteiger partial charge in [-0.1, -0.05) is 6.07 Å². The molecule has 2 atom stereocenters. The first-order chi connectivity index (χ1) is 8.69. The number of rotatable bonds is 2. The van der Waals surface area contributed by atoms with E-state index in [-0.39, 0.29) is 0 Å². The zero-order valence-corrected chi connectivity index (χ0v) is 10.8. The number of hydrogen-bond acceptors (Lipinski definition) is 3. The van der Waals surface area contributed by atoms with Crippen LogP contribution in [-0.4, -0.2) is 23.9 Å². The highest BCUT2D eigenvalue weighted by Crippen LogP contribution is 2.38. The summed E-state index contributed by atoms with van der Waals surface area (Å²) in [6.45, 7) is 3.55. The Morgan fingerprint density at radius 1 is 1.28 bits per heavy atom. The van der Waals surface area contributed by atoms with Crippen molar-refractivity contribution in [1.82, 2.24) is 0 Å². The summed E-state index contributed by atoms with van der Waals surface area (Å²) in [5.74, 6) is 0.967. The van der Waals surface area contributed by atoms with Gasteiger partial charge in [-0.3, -0.25) is 0 Å². The average molecular weight is 248 g/mol. The van der Waals surface area contributed by atoms with Gasteiger partial charge in [0.05, 0.1) is 12.2 Å². The molecule has 0 saturated carbocycles. The van der Waals surface area contributed by atoms with Crippen molar-refractivity contribution in [2.24, 2.45) is 0 Å². The fourth-order valence-corrected chi connectivity index (χ4v) is 2.92. The van der Waals surface area contributed by atoms with Crippen LogP contribution < -0.4 is 4.74 Å². The molecule has 1 saturated heterocycles. The molecule has 1 N–H and O–H groups in total. The fraction of sp³-hybridized carbons (Fsp3) is 0.600. The maximum atomic E-state index is 10.5. The minimum Gasteiger partial charge on any atom is -0.493 e. The van der Waals surface area contributed by atoms with E-state index in [0.29, 0.717) is 0 Å². The standard InChI is InChI=1S/C15H20O3/c1-15(7-3-9-18-15)14(16)12-5-6-13-11(10-12)4-2-8-17-13/h5-6,10,14,16H,2-4,7-9H2,1H3. The molecule has 0 bridgehead atoms. The molecule has 0 aliphatic carbocycles. The first-order valence-corrected chi connectivity index (χ1v) is 6.77. The Hall–Kier alpha value is -1.06. The van der Waals surface area contributed by atoms with Crippen molar-refractivity contribution in [1.29, 1.82) is 0 Å². The van der Waals surface area contributed by atoms with Gasteiger partial charge in [0.15, 0.2) is 0 Å². The van der Waals surface area contributed by atoms with Crippen LogP contribution in [0.4, 0.5) is 0 Å². The molecule has 2 unspecified atom stereocenters. The Morgan fingerprint density at radius 3 is 2.94 bits per heavy atom. The van der Waals surface area contributed by atoms with Crippen molar-refractivity contribution in [3.63, 3.8) is 0 Å². The van der Waals surface area contributed by atoms with Crippen molar-refractivity contribution >= 4 is 0 Å². The number of ether oxygens (including phenoxy) is 2. The molecule has 3 heteroatoms. The Morgan fingerprint density at radius 2 is 2.17 bits per heavy atom. The zero-order chi connectivity index (χ0) is 12.6. The summed E-state index contributed by atoms with van der Waals surface area (Å²) in [7, 11) is 0. The molecule has 2 heterocycles. The van der Waals surface area contributed by atoms with Gasteiger partial charge >= 0.3 is 0 Å². The second kappa shape index (κ2) is 4.56. The molecule has 98 valence electrons. The monoisotopic (exact) mass is 248 g/mol. The third-order valence-corrected chi connectivity index (χ3v) is 4.08. The van der Waals surface area contributed by atoms with Gasteiger partial charge in [-0.25, -0.2) is 0 Å². The molecule has 18 heavy (non-hydrogen) atoms. The normalized spacial score (nSPS) is 28.6. The Balaban J connectivity index is 1.87. The summed E-state index contributed by atoms with van der Waals surface area (Å²) in [4.78, 5) is 0. The van der Waals surface area contributed by atoms with Crippen LogP contribution in [-0.2, 0) is 11.2 Å². The largest absolute Gasteiger partial charge is 0.493 e. The number of hydrogen-bond donors (Lipinski definition) is 1. The molecule has 0 amide bonds. The van der Waals surface area contributed by atoms with Crippen molar-refractivity contribution in [3.05, 3.63) is 29.3 Å². The van der Waals surface area contributed by atoms with E-state index >= 15 is 0 Å². The van der Waals surface area contributed by atoms with E-state index in [1.807, 2.05) is 19.1 Å². The Labute approximate surface area is 108 Å². The molecule has 0 aromatic heterocycles. The lowest BCUT2D eigenvalue weighted by molar-refractivity contribution is -0.0796. The highest BCUT2D eigenvalue weighted by atomic mass is 16.5. The molecule has 1 aromatic rings. The van der Waals surface area contributed by atoms with Gasteiger partial charge in [0.1, 0.15) is 11.9 Å². The van der Waals surface area contributed by atoms with Gasteiger partial charge in [-0.15, -0.1) is 0 Å². The van der Waals surface area contributed by atoms with Gasteiger partial charge < -0.3 is 14.6 Å². The lowest BCUT2D eigenvalue weighted by Crippen LogP contribution is -2.32. The lowest BCUT2D eigenvalue weighted by Gasteiger charge is -2.30. The predicted molar refractivity (Wildman–Crippen MR) is 68.8 cm³/mol. The number of fused-ring (bicyclic) bond motifs is 1. The SMILES string of the molecule is CC1(C(O)c2ccc3c(c2)CCCO3)CCCO1. The number of aliphatic hydroxyl groups excluding tert-OH is 1. The van der Waals surface area contributed by atoms with Gasteiger partial charge in [0, 0.05) is 6.61 Å². The van der Waals surface area contributed by atoms with Crippen molar-refractivity contribution < 1.29 is 14.6 Å². The van der Waals surface area contributed by atoms with Crippen LogP contribution in [0.3, 0.4) is 0 Å². The van der Waals surface area contributed by atoms with Crippen LogP contribution in [0.15, 0.2) is 18.2 Å². The third-order valence-electron chi connectivity index (χ3n) is 4.08. The quantitative estimate of drug-likeness (QED) is 0.874. The van der Waals surface area contributed by atoms with E-state index in [0.717, 1.165) is 50.2 Å². The first-order valence-electron chi connectivity index (χ1n) is 6.77. The van der Waals surface area contributed by atoms with E-state index in [1.54, 1.807) is 0 Å². The van der Waals surface area contributed by atoms with Gasteiger partial charge in [-0.05, 0) is 55.9 Å². The lowest BCUT2D eigenvalue weighted by atomic mass is 9.89. The average Bonchev–Trinajstić information content (AvgIpc) is 2.85. The topological polar surface area (TPSA) is 38.7 Å². The predicted octanol–water partition coefficient (Wildman–Crippen LogP) is 2.61. The van der Waals surface area contributed by atoms with E-state index in [2.05, 4.69) is 6.07 Å². The number of aliphatic hydroxyl groups is 1. The molecular formula is C15H20O3. The van der Waals surface area contributed by atoms with Crippen molar-refractivity contribution in [2.75, 3.05) is 13.2 Å². The summed E-state index contributed by atoms with van der Waals surface area (Å²) in [5.41, 5.74) is 1.73. The van der Waals surface area contributed by atoms with Crippen LogP contribution in [0.5, 0.6) is 5.75 Å². The highest BCUT2D eigenvalue weighted by Gasteiger charge is 2.38. The molecule has 0 spiro atoms. The number of aryl methyl sites for hydroxylation is 1. The summed E-state index contributed by atoms with van der Waals surface area (Å²) < 4.78 is 11.3. The van der Waals surface area contributed by atoms with E-state index in [1.165, 1.54) is 5.56 Å².